The van der Waals surface area contributed by atoms with E-state index in [1.165, 1.54) is 49.0 Å². The van der Waals surface area contributed by atoms with E-state index in [-0.39, 0.29) is 33.2 Å². The summed E-state index contributed by atoms with van der Waals surface area (Å²) >= 11 is 0. The number of hydrogen-bond donors (Lipinski definition) is 6. The number of aryl methyl sites for hydroxylation is 3. The molecule has 0 aliphatic carbocycles. The Morgan fingerprint density at radius 1 is 0.194 bits per heavy atom. The maximum Gasteiger partial charge on any atom is 0.144 e. The molecule has 0 atom stereocenters. The van der Waals surface area contributed by atoms with E-state index >= 15 is 0 Å². The number of nitrogens with zero attached hydrogens (tertiary/aromatic N) is 6. The second-order valence-corrected chi connectivity index (χ2v) is 41.8. The lowest BCUT2D eigenvalue weighted by molar-refractivity contribution is 0.409. The van der Waals surface area contributed by atoms with Crippen molar-refractivity contribution in [3.05, 3.63) is 217 Å². The highest BCUT2D eigenvalue weighted by Gasteiger charge is 2.33. The van der Waals surface area contributed by atoms with E-state index in [4.69, 9.17) is 0 Å². The molecule has 6 N–H and O–H groups in total. The molecular formula is C75H102N12P6. The molecule has 18 heteroatoms. The van der Waals surface area contributed by atoms with Gasteiger partial charge in [-0.25, -0.2) is 0 Å². The molecule has 0 unspecified atom stereocenters. The van der Waals surface area contributed by atoms with Crippen molar-refractivity contribution in [2.75, 3.05) is 0 Å². The molecule has 7 heterocycles. The molecule has 0 spiro atoms. The Morgan fingerprint density at radius 3 is 0.441 bits per heavy atom. The van der Waals surface area contributed by atoms with Crippen molar-refractivity contribution in [2.24, 2.45) is 0 Å². The number of benzene rings is 9. The van der Waals surface area contributed by atoms with Crippen molar-refractivity contribution in [1.82, 2.24) is 53.0 Å². The van der Waals surface area contributed by atoms with Crippen LogP contribution in [0.2, 0.25) is 0 Å². The Hall–Kier alpha value is -6.84. The second kappa shape index (κ2) is 27.1. The SMILES string of the molecule is CC(C)(C)n1p2[nH]c3cccc4c(cccc34)[nH]p3n(C(C)(C)C)p([nH]c4cccc5c(cccc45)[nH]p4n(C(C)(C)C)p([nH]c5cccc6c(cccc56)[nH]p1n2C(C)(C)C)n4C(C)(C)C)n3C(C)(C)C.Cc1ccccc1.Cc1ccccc1.Cc1ccccc1. The van der Waals surface area contributed by atoms with Gasteiger partial charge in [0.05, 0.1) is 33.1 Å². The minimum absolute atomic E-state index is 0.125. The van der Waals surface area contributed by atoms with E-state index in [2.05, 4.69) is 344 Å². The maximum absolute atomic E-state index is 4.22. The summed E-state index contributed by atoms with van der Waals surface area (Å²) in [4.78, 5) is 0. The molecule has 0 fully saturated rings. The van der Waals surface area contributed by atoms with Crippen LogP contribution in [0.25, 0.3) is 65.4 Å². The fourth-order valence-electron chi connectivity index (χ4n) is 11.6. The Kier molecular flexibility index (Phi) is 20.1. The molecule has 18 bridgehead atoms. The monoisotopic (exact) mass is 1360 g/mol. The molecule has 16 aromatic rings. The van der Waals surface area contributed by atoms with E-state index < -0.39 is 46.9 Å². The Morgan fingerprint density at radius 2 is 0.333 bits per heavy atom. The number of aromatic nitrogens is 12. The van der Waals surface area contributed by atoms with Crippen molar-refractivity contribution >= 4 is 112 Å². The van der Waals surface area contributed by atoms with Crippen LogP contribution in [0, 0.1) is 20.8 Å². The molecule has 0 aliphatic rings. The fourth-order valence-corrected chi connectivity index (χ4v) is 29.8. The molecule has 16 rings (SSSR count). The first kappa shape index (κ1) is 69.0. The molecule has 0 saturated heterocycles. The average Bonchev–Trinajstić information content (AvgIpc) is 0.751. The van der Waals surface area contributed by atoms with Gasteiger partial charge >= 0.3 is 0 Å². The predicted molar refractivity (Wildman–Crippen MR) is 416 cm³/mol. The Bertz CT molecular complexity index is 4260. The van der Waals surface area contributed by atoms with Crippen LogP contribution in [0.5, 0.6) is 0 Å². The first-order chi connectivity index (χ1) is 43.7. The minimum atomic E-state index is -0.962. The lowest BCUT2D eigenvalue weighted by Gasteiger charge is -2.38. The lowest BCUT2D eigenvalue weighted by Crippen LogP contribution is -2.30. The molecule has 0 radical (unpaired) electrons. The van der Waals surface area contributed by atoms with Gasteiger partial charge in [0.15, 0.2) is 0 Å². The molecular weight excluding hydrogens is 1250 g/mol. The molecule has 492 valence electrons. The van der Waals surface area contributed by atoms with Crippen LogP contribution in [0.4, 0.5) is 0 Å². The van der Waals surface area contributed by atoms with Gasteiger partial charge < -0.3 is 28.5 Å². The third kappa shape index (κ3) is 15.2. The molecule has 0 saturated carbocycles. The van der Waals surface area contributed by atoms with Gasteiger partial charge in [-0.1, -0.05) is 180 Å². The third-order valence-corrected chi connectivity index (χ3v) is 35.9. The van der Waals surface area contributed by atoms with Gasteiger partial charge in [-0.15, -0.1) is 0 Å². The van der Waals surface area contributed by atoms with Gasteiger partial charge in [-0.05, 0) is 182 Å². The summed E-state index contributed by atoms with van der Waals surface area (Å²) in [5, 5.41) is 7.33. The lowest BCUT2D eigenvalue weighted by atomic mass is 10.1. The molecule has 9 aromatic carbocycles. The highest BCUT2D eigenvalue weighted by Crippen LogP contribution is 2.52. The van der Waals surface area contributed by atoms with Crippen LogP contribution < -0.4 is 0 Å². The zero-order valence-corrected chi connectivity index (χ0v) is 64.3. The first-order valence-corrected chi connectivity index (χ1v) is 40.0. The van der Waals surface area contributed by atoms with Crippen molar-refractivity contribution < 1.29 is 0 Å². The van der Waals surface area contributed by atoms with Gasteiger partial charge in [0.25, 0.3) is 0 Å². The second-order valence-electron chi connectivity index (χ2n) is 30.3. The number of aromatic amines is 6. The quantitative estimate of drug-likeness (QED) is 0.0866. The van der Waals surface area contributed by atoms with E-state index in [0.717, 1.165) is 33.1 Å². The van der Waals surface area contributed by atoms with Gasteiger partial charge in [0.1, 0.15) is 46.9 Å². The summed E-state index contributed by atoms with van der Waals surface area (Å²) < 4.78 is 41.7. The summed E-state index contributed by atoms with van der Waals surface area (Å²) in [6, 6.07) is 71.6. The Labute approximate surface area is 557 Å². The van der Waals surface area contributed by atoms with Crippen molar-refractivity contribution in [2.45, 2.75) is 179 Å². The number of rotatable bonds is 0. The first-order valence-electron chi connectivity index (χ1n) is 32.5. The third-order valence-electron chi connectivity index (χ3n) is 15.7. The van der Waals surface area contributed by atoms with Crippen LogP contribution >= 0.6 is 46.9 Å². The largest absolute Gasteiger partial charge is 0.315 e. The zero-order valence-electron chi connectivity index (χ0n) is 58.9. The topological polar surface area (TPSA) is 124 Å². The number of hydrogen-bond acceptors (Lipinski definition) is 0. The van der Waals surface area contributed by atoms with E-state index in [0.29, 0.717) is 0 Å². The molecule has 7 aromatic heterocycles. The van der Waals surface area contributed by atoms with Gasteiger partial charge in [-0.2, -0.15) is 0 Å². The summed E-state index contributed by atoms with van der Waals surface area (Å²) in [6.45, 7) is 48.9. The van der Waals surface area contributed by atoms with Crippen LogP contribution in [0.3, 0.4) is 0 Å². The summed E-state index contributed by atoms with van der Waals surface area (Å²) in [5.74, 6) is 0. The van der Waals surface area contributed by atoms with E-state index in [1.54, 1.807) is 0 Å². The summed E-state index contributed by atoms with van der Waals surface area (Å²) in [6.07, 6.45) is 0. The highest BCUT2D eigenvalue weighted by atomic mass is 31.2. The van der Waals surface area contributed by atoms with Gasteiger partial charge in [0, 0.05) is 65.6 Å². The average molecular weight is 1360 g/mol. The molecule has 93 heavy (non-hydrogen) atoms. The zero-order chi connectivity index (χ0) is 67.2. The highest BCUT2D eigenvalue weighted by molar-refractivity contribution is 7.58. The Balaban J connectivity index is 0.000000380. The minimum Gasteiger partial charge on any atom is -0.315 e. The van der Waals surface area contributed by atoms with E-state index in [1.807, 2.05) is 54.6 Å². The molecule has 0 aliphatic heterocycles. The summed E-state index contributed by atoms with van der Waals surface area (Å²) in [5.41, 5.74) is 10.2. The van der Waals surface area contributed by atoms with Crippen LogP contribution in [-0.2, 0) is 33.2 Å². The van der Waals surface area contributed by atoms with Crippen LogP contribution in [0.15, 0.2) is 200 Å². The van der Waals surface area contributed by atoms with Crippen molar-refractivity contribution in [3.63, 3.8) is 0 Å². The predicted octanol–water partition coefficient (Wildman–Crippen LogP) is 25.8. The standard InChI is InChI=1S/C54H78N12P6.3C7H8/c1-49(2,3)61-67-55-43-31-19-27-39-37(43)25-21-33-45(39)57-69-63(51(7,8)9)71(64(69)52(10,11)12)59-47-35-23-30-42-41(47)29-24-36-48(42)60-72-65(53(13,14)15)70(66(72)54(16,17)18)58-46-34-22-26-38-40(46)28-20-32-44(38)56-68(61)62(67)50(4,5)6;3*1-7-5-3-2-4-6-7/h19-36,55-60H,1-18H3;3*2-6H,1H3. The van der Waals surface area contributed by atoms with Crippen LogP contribution in [-0.4, -0.2) is 53.0 Å². The fraction of sp³-hybridized carbons (Fsp3) is 0.360. The number of nitrogens with one attached hydrogen (secondary N) is 6. The van der Waals surface area contributed by atoms with Crippen LogP contribution in [0.1, 0.15) is 141 Å². The van der Waals surface area contributed by atoms with Crippen molar-refractivity contribution in [3.8, 4) is 0 Å². The summed E-state index contributed by atoms with van der Waals surface area (Å²) in [7, 11) is -5.77. The van der Waals surface area contributed by atoms with Gasteiger partial charge in [0.2, 0.25) is 0 Å². The molecule has 0 amide bonds. The maximum atomic E-state index is 4.22. The van der Waals surface area contributed by atoms with Crippen molar-refractivity contribution in [1.29, 1.82) is 0 Å². The smallest absolute Gasteiger partial charge is 0.144 e. The van der Waals surface area contributed by atoms with Gasteiger partial charge in [-0.3, -0.25) is 24.6 Å². The normalized spacial score (nSPS) is 13.5. The molecule has 12 nitrogen and oxygen atoms in total. The van der Waals surface area contributed by atoms with E-state index in [9.17, 15) is 0 Å². The number of H-pyrrole nitrogens is 6.